The van der Waals surface area contributed by atoms with E-state index >= 15 is 0 Å². The van der Waals surface area contributed by atoms with Crippen molar-refractivity contribution in [2.75, 3.05) is 24.2 Å². The van der Waals surface area contributed by atoms with Crippen molar-refractivity contribution in [1.82, 2.24) is 14.9 Å². The van der Waals surface area contributed by atoms with Gasteiger partial charge >= 0.3 is 5.97 Å². The number of nitrogens with one attached hydrogen (secondary N) is 1. The first-order valence-electron chi connectivity index (χ1n) is 7.24. The van der Waals surface area contributed by atoms with Crippen LogP contribution in [0, 0.1) is 0 Å². The molecule has 2 aliphatic heterocycles. The van der Waals surface area contributed by atoms with E-state index in [2.05, 4.69) is 15.3 Å². The van der Waals surface area contributed by atoms with Crippen LogP contribution in [0.4, 0.5) is 5.95 Å². The summed E-state index contributed by atoms with van der Waals surface area (Å²) in [4.78, 5) is 33.7. The quantitative estimate of drug-likeness (QED) is 0.636. The monoisotopic (exact) mass is 322 g/mol. The van der Waals surface area contributed by atoms with Crippen LogP contribution in [0.25, 0.3) is 0 Å². The SMILES string of the molecule is C[C@@]12CCC(=O)N1[C@@H](C(=O)OCCNc1ncccn1)CS2. The van der Waals surface area contributed by atoms with E-state index in [-0.39, 0.29) is 23.4 Å². The Bertz CT molecular complexity index is 570. The summed E-state index contributed by atoms with van der Waals surface area (Å²) in [6, 6.07) is 1.27. The van der Waals surface area contributed by atoms with Gasteiger partial charge in [-0.3, -0.25) is 4.79 Å². The molecular weight excluding hydrogens is 304 g/mol. The molecule has 7 nitrogen and oxygen atoms in total. The number of carbonyl (C=O) groups is 2. The van der Waals surface area contributed by atoms with Gasteiger partial charge in [0, 0.05) is 24.6 Å². The second-order valence-corrected chi connectivity index (χ2v) is 6.93. The molecule has 1 aromatic rings. The van der Waals surface area contributed by atoms with Crippen LogP contribution in [0.15, 0.2) is 18.5 Å². The molecule has 0 aromatic carbocycles. The fraction of sp³-hybridized carbons (Fsp3) is 0.571. The van der Waals surface area contributed by atoms with Crippen molar-refractivity contribution in [1.29, 1.82) is 0 Å². The first-order valence-corrected chi connectivity index (χ1v) is 8.22. The maximum absolute atomic E-state index is 12.2. The lowest BCUT2D eigenvalue weighted by Gasteiger charge is -2.29. The molecule has 0 spiro atoms. The largest absolute Gasteiger partial charge is 0.462 e. The standard InChI is InChI=1S/C14H18N4O3S/c1-14-4-3-11(19)18(14)10(9-22-14)12(20)21-8-7-17-13-15-5-2-6-16-13/h2,5-6,10H,3-4,7-9H2,1H3,(H,15,16,17)/t10-,14-/m1/s1. The highest BCUT2D eigenvalue weighted by Gasteiger charge is 2.53. The highest BCUT2D eigenvalue weighted by Crippen LogP contribution is 2.47. The number of hydrogen-bond acceptors (Lipinski definition) is 7. The fourth-order valence-electron chi connectivity index (χ4n) is 2.80. The Labute approximate surface area is 132 Å². The van der Waals surface area contributed by atoms with Crippen molar-refractivity contribution in [2.45, 2.75) is 30.7 Å². The first-order chi connectivity index (χ1) is 10.6. The van der Waals surface area contributed by atoms with Crippen LogP contribution in [0.5, 0.6) is 0 Å². The minimum Gasteiger partial charge on any atom is -0.462 e. The van der Waals surface area contributed by atoms with Crippen LogP contribution in [-0.4, -0.2) is 56.6 Å². The van der Waals surface area contributed by atoms with Crippen LogP contribution in [-0.2, 0) is 14.3 Å². The highest BCUT2D eigenvalue weighted by molar-refractivity contribution is 8.01. The molecule has 1 N–H and O–H groups in total. The topological polar surface area (TPSA) is 84.4 Å². The molecule has 0 radical (unpaired) electrons. The first kappa shape index (κ1) is 15.1. The van der Waals surface area contributed by atoms with Crippen molar-refractivity contribution >= 4 is 29.6 Å². The summed E-state index contributed by atoms with van der Waals surface area (Å²) in [5, 5.41) is 2.97. The van der Waals surface area contributed by atoms with E-state index in [1.807, 2.05) is 6.92 Å². The number of anilines is 1. The Morgan fingerprint density at radius 1 is 1.55 bits per heavy atom. The molecule has 2 aliphatic rings. The normalized spacial score (nSPS) is 26.9. The second-order valence-electron chi connectivity index (χ2n) is 5.43. The van der Waals surface area contributed by atoms with Crippen LogP contribution in [0.1, 0.15) is 19.8 Å². The van der Waals surface area contributed by atoms with E-state index in [0.29, 0.717) is 24.7 Å². The minimum absolute atomic E-state index is 0.0465. The lowest BCUT2D eigenvalue weighted by molar-refractivity contribution is -0.153. The molecule has 2 atom stereocenters. The molecule has 0 aliphatic carbocycles. The van der Waals surface area contributed by atoms with Gasteiger partial charge in [0.05, 0.1) is 11.4 Å². The van der Waals surface area contributed by atoms with Gasteiger partial charge in [0.25, 0.3) is 0 Å². The van der Waals surface area contributed by atoms with E-state index in [1.165, 1.54) is 0 Å². The summed E-state index contributed by atoms with van der Waals surface area (Å²) in [6.07, 6.45) is 4.58. The Morgan fingerprint density at radius 2 is 2.32 bits per heavy atom. The molecule has 3 rings (SSSR count). The van der Waals surface area contributed by atoms with E-state index < -0.39 is 6.04 Å². The molecule has 2 fully saturated rings. The molecular formula is C14H18N4O3S. The number of hydrogen-bond donors (Lipinski definition) is 1. The van der Waals surface area contributed by atoms with Gasteiger partial charge in [-0.15, -0.1) is 11.8 Å². The predicted molar refractivity (Wildman–Crippen MR) is 82.2 cm³/mol. The fourth-order valence-corrected chi connectivity index (χ4v) is 4.21. The van der Waals surface area contributed by atoms with Gasteiger partial charge in [0.2, 0.25) is 11.9 Å². The Hall–Kier alpha value is -1.83. The molecule has 0 unspecified atom stereocenters. The number of fused-ring (bicyclic) bond motifs is 1. The third-order valence-electron chi connectivity index (χ3n) is 3.91. The smallest absolute Gasteiger partial charge is 0.329 e. The zero-order valence-corrected chi connectivity index (χ0v) is 13.1. The number of ether oxygens (including phenoxy) is 1. The number of esters is 1. The minimum atomic E-state index is -0.460. The van der Waals surface area contributed by atoms with Crippen molar-refractivity contribution in [3.63, 3.8) is 0 Å². The summed E-state index contributed by atoms with van der Waals surface area (Å²) in [5.41, 5.74) is 0. The number of rotatable bonds is 5. The molecule has 8 heteroatoms. The molecule has 1 amide bonds. The molecule has 22 heavy (non-hydrogen) atoms. The second kappa shape index (κ2) is 6.12. The van der Waals surface area contributed by atoms with E-state index in [9.17, 15) is 9.59 Å². The van der Waals surface area contributed by atoms with Gasteiger partial charge in [-0.05, 0) is 19.4 Å². The van der Waals surface area contributed by atoms with Gasteiger partial charge in [-0.2, -0.15) is 0 Å². The lowest BCUT2D eigenvalue weighted by atomic mass is 10.2. The summed E-state index contributed by atoms with van der Waals surface area (Å²) in [7, 11) is 0. The summed E-state index contributed by atoms with van der Waals surface area (Å²) in [5.74, 6) is 0.820. The average Bonchev–Trinajstić information content (AvgIpc) is 3.01. The maximum Gasteiger partial charge on any atom is 0.329 e. The molecule has 2 saturated heterocycles. The van der Waals surface area contributed by atoms with Crippen molar-refractivity contribution in [2.24, 2.45) is 0 Å². The van der Waals surface area contributed by atoms with Gasteiger partial charge in [-0.25, -0.2) is 14.8 Å². The lowest BCUT2D eigenvalue weighted by Crippen LogP contribution is -2.46. The number of nitrogens with zero attached hydrogens (tertiary/aromatic N) is 3. The van der Waals surface area contributed by atoms with Crippen molar-refractivity contribution in [3.05, 3.63) is 18.5 Å². The zero-order chi connectivity index (χ0) is 15.6. The van der Waals surface area contributed by atoms with Crippen LogP contribution in [0.3, 0.4) is 0 Å². The predicted octanol–water partition coefficient (Wildman–Crippen LogP) is 0.886. The molecule has 0 saturated carbocycles. The van der Waals surface area contributed by atoms with E-state index in [1.54, 1.807) is 35.1 Å². The van der Waals surface area contributed by atoms with Crippen LogP contribution in [0.2, 0.25) is 0 Å². The Balaban J connectivity index is 1.47. The number of thioether (sulfide) groups is 1. The number of carbonyl (C=O) groups excluding carboxylic acids is 2. The van der Waals surface area contributed by atoms with E-state index in [0.717, 1.165) is 6.42 Å². The van der Waals surface area contributed by atoms with Crippen molar-refractivity contribution in [3.8, 4) is 0 Å². The Morgan fingerprint density at radius 3 is 3.09 bits per heavy atom. The molecule has 0 bridgehead atoms. The van der Waals surface area contributed by atoms with Gasteiger partial charge in [0.1, 0.15) is 12.6 Å². The zero-order valence-electron chi connectivity index (χ0n) is 12.3. The molecule has 3 heterocycles. The van der Waals surface area contributed by atoms with Gasteiger partial charge < -0.3 is 15.0 Å². The summed E-state index contributed by atoms with van der Waals surface area (Å²) < 4.78 is 5.28. The van der Waals surface area contributed by atoms with Crippen molar-refractivity contribution < 1.29 is 14.3 Å². The number of aromatic nitrogens is 2. The van der Waals surface area contributed by atoms with Crippen LogP contribution < -0.4 is 5.32 Å². The third kappa shape index (κ3) is 2.87. The van der Waals surface area contributed by atoms with Gasteiger partial charge in [-0.1, -0.05) is 0 Å². The maximum atomic E-state index is 12.2. The highest BCUT2D eigenvalue weighted by atomic mass is 32.2. The molecule has 1 aromatic heterocycles. The molecule has 118 valence electrons. The third-order valence-corrected chi connectivity index (χ3v) is 5.42. The number of amides is 1. The Kier molecular flexibility index (Phi) is 4.19. The van der Waals surface area contributed by atoms with Crippen LogP contribution >= 0.6 is 11.8 Å². The van der Waals surface area contributed by atoms with Gasteiger partial charge in [0.15, 0.2) is 0 Å². The average molecular weight is 322 g/mol. The van der Waals surface area contributed by atoms with E-state index in [4.69, 9.17) is 4.74 Å². The summed E-state index contributed by atoms with van der Waals surface area (Å²) >= 11 is 1.66. The summed E-state index contributed by atoms with van der Waals surface area (Å²) in [6.45, 7) is 2.67.